The topological polar surface area (TPSA) is 87.1 Å². The molecule has 0 aliphatic carbocycles. The van der Waals surface area contributed by atoms with Crippen molar-refractivity contribution in [1.82, 2.24) is 15.3 Å². The van der Waals surface area contributed by atoms with Gasteiger partial charge < -0.3 is 10.5 Å². The number of nitrogens with zero attached hydrogens (tertiary/aromatic N) is 3. The Hall–Kier alpha value is -2.84. The van der Waals surface area contributed by atoms with Gasteiger partial charge in [-0.25, -0.2) is 9.61 Å². The second-order valence-corrected chi connectivity index (χ2v) is 4.89. The van der Waals surface area contributed by atoms with E-state index in [1.165, 1.54) is 24.3 Å². The number of pyridine rings is 1. The third kappa shape index (κ3) is 3.17. The molecule has 0 saturated carbocycles. The van der Waals surface area contributed by atoms with E-state index in [1.54, 1.807) is 6.92 Å². The standard InChI is InChI=1S/C14H11F3N4O2/c1-7-10(11(18)12-13(19-7)21-23-20-12)6-8-2-4-9(5-3-8)22-14(15,16)17/h2-5H,6,18H2,1H3. The first-order valence-electron chi connectivity index (χ1n) is 6.55. The van der Waals surface area contributed by atoms with Gasteiger partial charge in [0.2, 0.25) is 5.65 Å². The smallest absolute Gasteiger partial charge is 0.406 e. The minimum atomic E-state index is -4.71. The second kappa shape index (κ2) is 5.41. The molecule has 3 aromatic rings. The van der Waals surface area contributed by atoms with Crippen molar-refractivity contribution in [3.8, 4) is 5.75 Å². The van der Waals surface area contributed by atoms with Crippen LogP contribution in [0.15, 0.2) is 28.9 Å². The predicted octanol–water partition coefficient (Wildman–Crippen LogP) is 3.00. The quantitative estimate of drug-likeness (QED) is 0.797. The van der Waals surface area contributed by atoms with Crippen molar-refractivity contribution in [1.29, 1.82) is 0 Å². The third-order valence-corrected chi connectivity index (χ3v) is 3.30. The van der Waals surface area contributed by atoms with Crippen LogP contribution in [0.2, 0.25) is 0 Å². The molecular formula is C14H11F3N4O2. The van der Waals surface area contributed by atoms with Crippen LogP contribution in [0.5, 0.6) is 5.75 Å². The zero-order valence-corrected chi connectivity index (χ0v) is 11.9. The Morgan fingerprint density at radius 2 is 1.87 bits per heavy atom. The monoisotopic (exact) mass is 324 g/mol. The average Bonchev–Trinajstić information content (AvgIpc) is 2.92. The highest BCUT2D eigenvalue weighted by molar-refractivity contribution is 5.85. The Morgan fingerprint density at radius 3 is 2.52 bits per heavy atom. The van der Waals surface area contributed by atoms with Crippen LogP contribution in [0, 0.1) is 6.92 Å². The molecule has 1 aromatic carbocycles. The molecule has 9 heteroatoms. The van der Waals surface area contributed by atoms with Gasteiger partial charge in [0.05, 0.1) is 5.69 Å². The molecule has 0 unspecified atom stereocenters. The maximum absolute atomic E-state index is 12.1. The van der Waals surface area contributed by atoms with Crippen molar-refractivity contribution in [3.63, 3.8) is 0 Å². The van der Waals surface area contributed by atoms with E-state index in [9.17, 15) is 13.2 Å². The molecule has 2 N–H and O–H groups in total. The Morgan fingerprint density at radius 1 is 1.17 bits per heavy atom. The van der Waals surface area contributed by atoms with Crippen LogP contribution < -0.4 is 10.5 Å². The first-order chi connectivity index (χ1) is 10.8. The van der Waals surface area contributed by atoms with Crippen LogP contribution in [0.3, 0.4) is 0 Å². The molecule has 2 heterocycles. The number of anilines is 1. The van der Waals surface area contributed by atoms with Gasteiger partial charge in [0.15, 0.2) is 5.52 Å². The number of benzene rings is 1. The molecule has 0 fully saturated rings. The lowest BCUT2D eigenvalue weighted by Crippen LogP contribution is -2.17. The highest BCUT2D eigenvalue weighted by Crippen LogP contribution is 2.27. The first kappa shape index (κ1) is 15.1. The van der Waals surface area contributed by atoms with Gasteiger partial charge >= 0.3 is 6.36 Å². The summed E-state index contributed by atoms with van der Waals surface area (Å²) in [6.07, 6.45) is -4.32. The summed E-state index contributed by atoms with van der Waals surface area (Å²) >= 11 is 0. The van der Waals surface area contributed by atoms with E-state index in [2.05, 4.69) is 24.7 Å². The van der Waals surface area contributed by atoms with E-state index in [4.69, 9.17) is 5.73 Å². The largest absolute Gasteiger partial charge is 0.573 e. The first-order valence-corrected chi connectivity index (χ1v) is 6.55. The highest BCUT2D eigenvalue weighted by atomic mass is 19.4. The number of hydrogen-bond acceptors (Lipinski definition) is 6. The van der Waals surface area contributed by atoms with Gasteiger partial charge in [0.25, 0.3) is 0 Å². The van der Waals surface area contributed by atoms with Crippen molar-refractivity contribution >= 4 is 16.9 Å². The minimum absolute atomic E-state index is 0.278. The van der Waals surface area contributed by atoms with Crippen molar-refractivity contribution in [3.05, 3.63) is 41.1 Å². The summed E-state index contributed by atoms with van der Waals surface area (Å²) in [5.74, 6) is -0.278. The fourth-order valence-electron chi connectivity index (χ4n) is 2.23. The van der Waals surface area contributed by atoms with Gasteiger partial charge in [-0.05, 0) is 34.9 Å². The number of fused-ring (bicyclic) bond motifs is 1. The highest BCUT2D eigenvalue weighted by Gasteiger charge is 2.30. The average molecular weight is 324 g/mol. The Balaban J connectivity index is 1.87. The molecule has 3 rings (SSSR count). The molecule has 0 aliphatic rings. The van der Waals surface area contributed by atoms with Crippen LogP contribution in [-0.2, 0) is 6.42 Å². The van der Waals surface area contributed by atoms with Crippen molar-refractivity contribution in [2.45, 2.75) is 19.7 Å². The van der Waals surface area contributed by atoms with Crippen LogP contribution in [0.4, 0.5) is 18.9 Å². The fourth-order valence-corrected chi connectivity index (χ4v) is 2.23. The lowest BCUT2D eigenvalue weighted by molar-refractivity contribution is -0.274. The van der Waals surface area contributed by atoms with Gasteiger partial charge in [0.1, 0.15) is 5.75 Å². The SMILES string of the molecule is Cc1nc2nonc2c(N)c1Cc1ccc(OC(F)(F)F)cc1. The van der Waals surface area contributed by atoms with Crippen molar-refractivity contribution < 1.29 is 22.5 Å². The fraction of sp³-hybridized carbons (Fsp3) is 0.214. The molecule has 0 atom stereocenters. The zero-order chi connectivity index (χ0) is 16.6. The number of aromatic nitrogens is 3. The molecule has 2 aromatic heterocycles. The number of aryl methyl sites for hydroxylation is 1. The maximum atomic E-state index is 12.1. The number of rotatable bonds is 3. The lowest BCUT2D eigenvalue weighted by atomic mass is 10.0. The molecule has 0 bridgehead atoms. The summed E-state index contributed by atoms with van der Waals surface area (Å²) in [6.45, 7) is 1.76. The van der Waals surface area contributed by atoms with E-state index in [1.807, 2.05) is 0 Å². The molecule has 0 aliphatic heterocycles. The van der Waals surface area contributed by atoms with E-state index in [-0.39, 0.29) is 5.75 Å². The van der Waals surface area contributed by atoms with Gasteiger partial charge in [0, 0.05) is 17.7 Å². The third-order valence-electron chi connectivity index (χ3n) is 3.30. The summed E-state index contributed by atoms with van der Waals surface area (Å²) in [4.78, 5) is 4.24. The normalized spacial score (nSPS) is 11.8. The van der Waals surface area contributed by atoms with E-state index >= 15 is 0 Å². The molecule has 0 radical (unpaired) electrons. The van der Waals surface area contributed by atoms with Gasteiger partial charge in [-0.2, -0.15) is 0 Å². The van der Waals surface area contributed by atoms with Crippen molar-refractivity contribution in [2.24, 2.45) is 0 Å². The molecule has 120 valence electrons. The Kier molecular flexibility index (Phi) is 3.55. The van der Waals surface area contributed by atoms with Crippen LogP contribution in [-0.4, -0.2) is 21.7 Å². The van der Waals surface area contributed by atoms with Crippen LogP contribution in [0.1, 0.15) is 16.8 Å². The summed E-state index contributed by atoms with van der Waals surface area (Å²) < 4.78 is 44.9. The summed E-state index contributed by atoms with van der Waals surface area (Å²) in [7, 11) is 0. The number of nitrogen functional groups attached to an aromatic ring is 1. The van der Waals surface area contributed by atoms with E-state index in [0.29, 0.717) is 29.0 Å². The summed E-state index contributed by atoms with van der Waals surface area (Å²) in [6, 6.07) is 5.56. The number of halogens is 3. The van der Waals surface area contributed by atoms with Crippen LogP contribution >= 0.6 is 0 Å². The zero-order valence-electron chi connectivity index (χ0n) is 11.9. The second-order valence-electron chi connectivity index (χ2n) is 4.89. The lowest BCUT2D eigenvalue weighted by Gasteiger charge is -2.11. The van der Waals surface area contributed by atoms with Gasteiger partial charge in [-0.15, -0.1) is 13.2 Å². The minimum Gasteiger partial charge on any atom is -0.406 e. The van der Waals surface area contributed by atoms with Crippen molar-refractivity contribution in [2.75, 3.05) is 5.73 Å². The predicted molar refractivity (Wildman–Crippen MR) is 74.7 cm³/mol. The number of hydrogen-bond donors (Lipinski definition) is 1. The molecule has 0 saturated heterocycles. The molecule has 0 spiro atoms. The Labute approximate surface area is 128 Å². The number of nitrogens with two attached hydrogens (primary N) is 1. The van der Waals surface area contributed by atoms with Gasteiger partial charge in [-0.3, -0.25) is 0 Å². The number of alkyl halides is 3. The summed E-state index contributed by atoms with van der Waals surface area (Å²) in [5.41, 5.74) is 9.25. The van der Waals surface area contributed by atoms with Crippen LogP contribution in [0.25, 0.3) is 11.2 Å². The maximum Gasteiger partial charge on any atom is 0.573 e. The molecule has 6 nitrogen and oxygen atoms in total. The van der Waals surface area contributed by atoms with E-state index < -0.39 is 6.36 Å². The number of ether oxygens (including phenoxy) is 1. The molecule has 0 amide bonds. The van der Waals surface area contributed by atoms with Gasteiger partial charge in [-0.1, -0.05) is 12.1 Å². The summed E-state index contributed by atoms with van der Waals surface area (Å²) in [5, 5.41) is 7.33. The molecule has 23 heavy (non-hydrogen) atoms. The Bertz CT molecular complexity index is 844. The molecular weight excluding hydrogens is 313 g/mol. The van der Waals surface area contributed by atoms with E-state index in [0.717, 1.165) is 11.1 Å².